The molecule has 0 radical (unpaired) electrons. The van der Waals surface area contributed by atoms with Gasteiger partial charge in [0.25, 0.3) is 0 Å². The number of rotatable bonds is 5. The highest BCUT2D eigenvalue weighted by Crippen LogP contribution is 2.38. The summed E-state index contributed by atoms with van der Waals surface area (Å²) in [6.07, 6.45) is 3.19. The van der Waals surface area contributed by atoms with Gasteiger partial charge in [-0.05, 0) is 65.4 Å². The van der Waals surface area contributed by atoms with Gasteiger partial charge in [-0.25, -0.2) is 0 Å². The maximum absolute atomic E-state index is 3.66. The van der Waals surface area contributed by atoms with Crippen molar-refractivity contribution in [1.29, 1.82) is 0 Å². The van der Waals surface area contributed by atoms with Crippen LogP contribution >= 0.6 is 0 Å². The lowest BCUT2D eigenvalue weighted by molar-refractivity contribution is 0.661. The Morgan fingerprint density at radius 3 is 2.33 bits per heavy atom. The molecule has 1 aliphatic heterocycles. The van der Waals surface area contributed by atoms with E-state index in [1.807, 2.05) is 0 Å². The van der Waals surface area contributed by atoms with E-state index < -0.39 is 0 Å². The molecule has 2 heterocycles. The number of aromatic nitrogens is 1. The third-order valence-corrected chi connectivity index (χ3v) is 6.59. The van der Waals surface area contributed by atoms with Gasteiger partial charge in [-0.15, -0.1) is 0 Å². The number of nitrogens with zero attached hydrogens (tertiary/aromatic N) is 2. The van der Waals surface area contributed by atoms with Crippen molar-refractivity contribution in [3.63, 3.8) is 0 Å². The second-order valence-corrected chi connectivity index (χ2v) is 8.78. The van der Waals surface area contributed by atoms with E-state index in [0.717, 1.165) is 19.5 Å². The summed E-state index contributed by atoms with van der Waals surface area (Å²) in [5.41, 5.74) is 7.67. The van der Waals surface area contributed by atoms with Crippen LogP contribution in [-0.2, 0) is 13.0 Å². The Balaban J connectivity index is 1.30. The van der Waals surface area contributed by atoms with Crippen LogP contribution in [0.2, 0.25) is 0 Å². The monoisotopic (exact) mass is 429 g/mol. The lowest BCUT2D eigenvalue weighted by Crippen LogP contribution is -2.42. The zero-order valence-corrected chi connectivity index (χ0v) is 18.6. The molecule has 1 atom stereocenters. The van der Waals surface area contributed by atoms with E-state index in [-0.39, 0.29) is 0 Å². The Labute approximate surface area is 194 Å². The Morgan fingerprint density at radius 1 is 0.727 bits per heavy atom. The van der Waals surface area contributed by atoms with E-state index >= 15 is 0 Å². The van der Waals surface area contributed by atoms with Gasteiger partial charge in [0.1, 0.15) is 0 Å². The van der Waals surface area contributed by atoms with E-state index in [2.05, 4.69) is 130 Å². The van der Waals surface area contributed by atoms with Crippen molar-refractivity contribution < 1.29 is 0 Å². The molecule has 1 aromatic heterocycles. The van der Waals surface area contributed by atoms with Crippen LogP contribution in [0.15, 0.2) is 115 Å². The fraction of sp³-hybridized carbons (Fsp3) is 0.133. The summed E-state index contributed by atoms with van der Waals surface area (Å²) in [5, 5.41) is 4.96. The Kier molecular flexibility index (Phi) is 5.08. The van der Waals surface area contributed by atoms with Gasteiger partial charge in [0.2, 0.25) is 0 Å². The second kappa shape index (κ2) is 8.51. The van der Waals surface area contributed by atoms with Crippen molar-refractivity contribution in [3.8, 4) is 0 Å². The first-order chi connectivity index (χ1) is 16.3. The lowest BCUT2D eigenvalue weighted by atomic mass is 9.99. The van der Waals surface area contributed by atoms with Gasteiger partial charge in [0.05, 0.1) is 17.4 Å². The van der Waals surface area contributed by atoms with E-state index in [0.29, 0.717) is 6.04 Å². The summed E-state index contributed by atoms with van der Waals surface area (Å²) < 4.78 is 2.34. The van der Waals surface area contributed by atoms with Crippen molar-refractivity contribution in [2.75, 3.05) is 16.8 Å². The van der Waals surface area contributed by atoms with E-state index in [1.54, 1.807) is 0 Å². The fourth-order valence-corrected chi connectivity index (χ4v) is 5.02. The zero-order chi connectivity index (χ0) is 22.0. The molecular formula is C30H27N3. The molecule has 1 aliphatic rings. The molecule has 0 bridgehead atoms. The highest BCUT2D eigenvalue weighted by Gasteiger charge is 2.27. The molecular weight excluding hydrogens is 402 g/mol. The van der Waals surface area contributed by atoms with Crippen LogP contribution in [0, 0.1) is 0 Å². The third-order valence-electron chi connectivity index (χ3n) is 6.59. The number of para-hydroxylation sites is 3. The first kappa shape index (κ1) is 19.7. The molecule has 0 saturated heterocycles. The van der Waals surface area contributed by atoms with Crippen LogP contribution in [0.1, 0.15) is 11.1 Å². The molecule has 0 amide bonds. The second-order valence-electron chi connectivity index (χ2n) is 8.78. The largest absolute Gasteiger partial charge is 0.381 e. The van der Waals surface area contributed by atoms with Gasteiger partial charge in [-0.3, -0.25) is 0 Å². The standard InChI is InChI=1S/C30H27N3/c1-3-9-23(10-4-1)22-32-18-17-25-19-24(15-16-29(25)32)20-27-21-31-28-13-7-8-14-30(28)33(27)26-11-5-2-6-12-26/h1-19,27,31H,20-22H2. The summed E-state index contributed by atoms with van der Waals surface area (Å²) in [6.45, 7) is 1.81. The smallest absolute Gasteiger partial charge is 0.0649 e. The highest BCUT2D eigenvalue weighted by atomic mass is 15.2. The molecule has 3 heteroatoms. The van der Waals surface area contributed by atoms with Gasteiger partial charge in [-0.1, -0.05) is 66.7 Å². The predicted molar refractivity (Wildman–Crippen MR) is 138 cm³/mol. The summed E-state index contributed by atoms with van der Waals surface area (Å²) in [5.74, 6) is 0. The quantitative estimate of drug-likeness (QED) is 0.329. The normalized spacial score (nSPS) is 15.3. The van der Waals surface area contributed by atoms with Crippen LogP contribution in [0.5, 0.6) is 0 Å². The van der Waals surface area contributed by atoms with Gasteiger partial charge < -0.3 is 14.8 Å². The van der Waals surface area contributed by atoms with Crippen LogP contribution in [-0.4, -0.2) is 17.2 Å². The molecule has 33 heavy (non-hydrogen) atoms. The van der Waals surface area contributed by atoms with Crippen molar-refractivity contribution in [3.05, 3.63) is 127 Å². The van der Waals surface area contributed by atoms with Crippen LogP contribution in [0.3, 0.4) is 0 Å². The first-order valence-electron chi connectivity index (χ1n) is 11.6. The number of hydrogen-bond donors (Lipinski definition) is 1. The number of fused-ring (bicyclic) bond motifs is 2. The molecule has 5 aromatic rings. The average molecular weight is 430 g/mol. The number of benzene rings is 4. The van der Waals surface area contributed by atoms with Crippen molar-refractivity contribution in [1.82, 2.24) is 4.57 Å². The maximum atomic E-state index is 3.66. The molecule has 162 valence electrons. The SMILES string of the molecule is c1ccc(Cn2ccc3cc(CC4CNc5ccccc5N4c4ccccc4)ccc32)cc1. The van der Waals surface area contributed by atoms with Gasteiger partial charge >= 0.3 is 0 Å². The Morgan fingerprint density at radius 2 is 1.48 bits per heavy atom. The number of nitrogens with one attached hydrogen (secondary N) is 1. The first-order valence-corrected chi connectivity index (χ1v) is 11.6. The van der Waals surface area contributed by atoms with E-state index in [1.165, 1.54) is 39.1 Å². The summed E-state index contributed by atoms with van der Waals surface area (Å²) in [4.78, 5) is 2.50. The van der Waals surface area contributed by atoms with Gasteiger partial charge in [0.15, 0.2) is 0 Å². The molecule has 0 fully saturated rings. The van der Waals surface area contributed by atoms with Gasteiger partial charge in [-0.2, -0.15) is 0 Å². The fourth-order valence-electron chi connectivity index (χ4n) is 5.02. The van der Waals surface area contributed by atoms with Crippen LogP contribution in [0.25, 0.3) is 10.9 Å². The summed E-state index contributed by atoms with van der Waals surface area (Å²) >= 11 is 0. The molecule has 0 saturated carbocycles. The lowest BCUT2D eigenvalue weighted by Gasteiger charge is -2.39. The van der Waals surface area contributed by atoms with Crippen LogP contribution in [0.4, 0.5) is 17.1 Å². The minimum atomic E-state index is 0.339. The highest BCUT2D eigenvalue weighted by molar-refractivity contribution is 5.82. The van der Waals surface area contributed by atoms with Crippen molar-refractivity contribution in [2.24, 2.45) is 0 Å². The van der Waals surface area contributed by atoms with Crippen molar-refractivity contribution in [2.45, 2.75) is 19.0 Å². The minimum Gasteiger partial charge on any atom is -0.381 e. The van der Waals surface area contributed by atoms with Crippen molar-refractivity contribution >= 4 is 28.0 Å². The van der Waals surface area contributed by atoms with E-state index in [4.69, 9.17) is 0 Å². The number of anilines is 3. The molecule has 0 aliphatic carbocycles. The predicted octanol–water partition coefficient (Wildman–Crippen LogP) is 6.86. The molecule has 4 aromatic carbocycles. The Hall–Kier alpha value is -3.98. The topological polar surface area (TPSA) is 20.2 Å². The average Bonchev–Trinajstić information content (AvgIpc) is 3.27. The molecule has 3 nitrogen and oxygen atoms in total. The summed E-state index contributed by atoms with van der Waals surface area (Å²) in [6, 6.07) is 39.5. The van der Waals surface area contributed by atoms with Gasteiger partial charge in [0, 0.05) is 30.5 Å². The maximum Gasteiger partial charge on any atom is 0.0649 e. The molecule has 0 spiro atoms. The minimum absolute atomic E-state index is 0.339. The third kappa shape index (κ3) is 3.87. The van der Waals surface area contributed by atoms with E-state index in [9.17, 15) is 0 Å². The van der Waals surface area contributed by atoms with Crippen LogP contribution < -0.4 is 10.2 Å². The molecule has 1 N–H and O–H groups in total. The molecule has 6 rings (SSSR count). The zero-order valence-electron chi connectivity index (χ0n) is 18.6. The summed E-state index contributed by atoms with van der Waals surface area (Å²) in [7, 11) is 0. The Bertz CT molecular complexity index is 1370. The molecule has 1 unspecified atom stereocenters. The number of hydrogen-bond acceptors (Lipinski definition) is 2.